The molecule has 0 aromatic carbocycles. The van der Waals surface area contributed by atoms with Crippen LogP contribution in [0.4, 0.5) is 0 Å². The lowest BCUT2D eigenvalue weighted by molar-refractivity contribution is 0.258. The largest absolute Gasteiger partial charge is 0.400 e. The second-order valence-corrected chi connectivity index (χ2v) is 2.84. The van der Waals surface area contributed by atoms with Crippen LogP contribution in [0.25, 0.3) is 0 Å². The topological polar surface area (TPSA) is 52.6 Å². The molecule has 0 amide bonds. The van der Waals surface area contributed by atoms with Crippen LogP contribution in [0.3, 0.4) is 0 Å². The zero-order valence-electron chi connectivity index (χ0n) is 5.74. The summed E-state index contributed by atoms with van der Waals surface area (Å²) in [4.78, 5) is 0. The molecule has 1 heterocycles. The highest BCUT2D eigenvalue weighted by Gasteiger charge is 2.25. The van der Waals surface area contributed by atoms with E-state index in [4.69, 9.17) is 0 Å². The van der Waals surface area contributed by atoms with E-state index in [1.807, 2.05) is 0 Å². The van der Waals surface area contributed by atoms with E-state index < -0.39 is 10.4 Å². The van der Waals surface area contributed by atoms with Crippen LogP contribution >= 0.6 is 0 Å². The first-order valence-corrected chi connectivity index (χ1v) is 4.01. The van der Waals surface area contributed by atoms with E-state index in [-0.39, 0.29) is 12.7 Å². The predicted octanol–water partition coefficient (Wildman–Crippen LogP) is 0.469. The quantitative estimate of drug-likeness (QED) is 0.491. The van der Waals surface area contributed by atoms with Crippen LogP contribution in [0.5, 0.6) is 0 Å². The van der Waals surface area contributed by atoms with Crippen molar-refractivity contribution in [3.05, 3.63) is 13.2 Å². The maximum absolute atomic E-state index is 10.2. The average Bonchev–Trinajstić information content (AvgIpc) is 2.15. The van der Waals surface area contributed by atoms with Crippen LogP contribution in [0.1, 0.15) is 6.92 Å². The molecule has 0 aromatic heterocycles. The Labute approximate surface area is 60.8 Å². The molecule has 0 N–H and O–H groups in total. The minimum absolute atomic E-state index is 0.141. The minimum atomic E-state index is -3.60. The molecule has 0 spiro atoms. The Morgan fingerprint density at radius 1 is 1.50 bits per heavy atom. The molecule has 5 heteroatoms. The third-order valence-electron chi connectivity index (χ3n) is 0.729. The zero-order valence-corrected chi connectivity index (χ0v) is 6.56. The molecule has 0 bridgehead atoms. The first-order chi connectivity index (χ1) is 4.60. The van der Waals surface area contributed by atoms with Crippen molar-refractivity contribution in [1.82, 2.24) is 0 Å². The number of hydrogen-bond acceptors (Lipinski definition) is 4. The lowest BCUT2D eigenvalue weighted by Gasteiger charge is -1.89. The van der Waals surface area contributed by atoms with Gasteiger partial charge in [-0.05, 0) is 6.92 Å². The molecule has 0 radical (unpaired) electrons. The molecular weight excluding hydrogens is 156 g/mol. The summed E-state index contributed by atoms with van der Waals surface area (Å²) in [5, 5.41) is 0. The van der Waals surface area contributed by atoms with Crippen molar-refractivity contribution < 1.29 is 16.8 Å². The van der Waals surface area contributed by atoms with Crippen LogP contribution in [-0.4, -0.2) is 21.1 Å². The molecule has 1 atom stereocenters. The Kier molecular flexibility index (Phi) is 3.55. The average molecular weight is 166 g/mol. The molecule has 1 aliphatic rings. The Morgan fingerprint density at radius 2 is 2.00 bits per heavy atom. The van der Waals surface area contributed by atoms with E-state index in [1.54, 1.807) is 6.92 Å². The summed E-state index contributed by atoms with van der Waals surface area (Å²) in [6, 6.07) is 0. The summed E-state index contributed by atoms with van der Waals surface area (Å²) >= 11 is 0. The van der Waals surface area contributed by atoms with Crippen LogP contribution < -0.4 is 0 Å². The van der Waals surface area contributed by atoms with Gasteiger partial charge in [0.15, 0.2) is 0 Å². The molecule has 1 saturated heterocycles. The monoisotopic (exact) mass is 166 g/mol. The van der Waals surface area contributed by atoms with E-state index in [9.17, 15) is 8.42 Å². The highest BCUT2D eigenvalue weighted by molar-refractivity contribution is 7.82. The fourth-order valence-corrected chi connectivity index (χ4v) is 1.31. The van der Waals surface area contributed by atoms with Crippen molar-refractivity contribution in [3.63, 3.8) is 0 Å². The molecule has 10 heavy (non-hydrogen) atoms. The van der Waals surface area contributed by atoms with E-state index in [0.29, 0.717) is 0 Å². The molecule has 0 aliphatic carbocycles. The molecule has 0 aromatic rings. The summed E-state index contributed by atoms with van der Waals surface area (Å²) in [6.45, 7) is 7.77. The van der Waals surface area contributed by atoms with Gasteiger partial charge in [0.05, 0.1) is 6.61 Å². The molecule has 1 aliphatic heterocycles. The number of hydrogen-bond donors (Lipinski definition) is 0. The lowest BCUT2D eigenvalue weighted by atomic mass is 10.5. The number of rotatable bonds is 0. The van der Waals surface area contributed by atoms with E-state index in [1.165, 1.54) is 0 Å². The van der Waals surface area contributed by atoms with Crippen molar-refractivity contribution >= 4 is 10.4 Å². The van der Waals surface area contributed by atoms with Gasteiger partial charge in [0.1, 0.15) is 6.10 Å². The van der Waals surface area contributed by atoms with Gasteiger partial charge in [-0.1, -0.05) is 0 Å². The molecule has 1 fully saturated rings. The van der Waals surface area contributed by atoms with Crippen molar-refractivity contribution in [2.75, 3.05) is 6.61 Å². The molecular formula is C5H10O4S. The van der Waals surface area contributed by atoms with Crippen molar-refractivity contribution in [2.45, 2.75) is 13.0 Å². The van der Waals surface area contributed by atoms with Gasteiger partial charge in [-0.2, -0.15) is 8.42 Å². The third-order valence-corrected chi connectivity index (χ3v) is 1.72. The Balaban J connectivity index is 0.000000371. The van der Waals surface area contributed by atoms with Gasteiger partial charge in [-0.15, -0.1) is 13.2 Å². The van der Waals surface area contributed by atoms with E-state index in [0.717, 1.165) is 0 Å². The van der Waals surface area contributed by atoms with E-state index in [2.05, 4.69) is 21.5 Å². The van der Waals surface area contributed by atoms with Crippen molar-refractivity contribution in [3.8, 4) is 0 Å². The van der Waals surface area contributed by atoms with Crippen molar-refractivity contribution in [1.29, 1.82) is 0 Å². The van der Waals surface area contributed by atoms with Gasteiger partial charge in [0, 0.05) is 0 Å². The van der Waals surface area contributed by atoms with Crippen LogP contribution in [0.2, 0.25) is 0 Å². The fraction of sp³-hybridized carbons (Fsp3) is 0.600. The maximum Gasteiger partial charge on any atom is 0.400 e. The van der Waals surface area contributed by atoms with Gasteiger partial charge in [0.2, 0.25) is 0 Å². The van der Waals surface area contributed by atoms with Gasteiger partial charge >= 0.3 is 10.4 Å². The maximum atomic E-state index is 10.2. The van der Waals surface area contributed by atoms with Crippen LogP contribution in [-0.2, 0) is 18.8 Å². The Bertz CT molecular complexity index is 184. The van der Waals surface area contributed by atoms with Crippen LogP contribution in [0, 0.1) is 0 Å². The Morgan fingerprint density at radius 3 is 2.10 bits per heavy atom. The van der Waals surface area contributed by atoms with E-state index >= 15 is 0 Å². The summed E-state index contributed by atoms with van der Waals surface area (Å²) in [5.74, 6) is 0. The Hall–Kier alpha value is -0.390. The van der Waals surface area contributed by atoms with Gasteiger partial charge < -0.3 is 0 Å². The normalized spacial score (nSPS) is 28.7. The second kappa shape index (κ2) is 3.70. The predicted molar refractivity (Wildman–Crippen MR) is 36.7 cm³/mol. The highest BCUT2D eigenvalue weighted by Crippen LogP contribution is 2.10. The summed E-state index contributed by atoms with van der Waals surface area (Å²) in [7, 11) is -3.60. The SMILES string of the molecule is C=C.CC1COS(=O)(=O)O1. The first kappa shape index (κ1) is 9.61. The molecule has 0 saturated carbocycles. The summed E-state index contributed by atoms with van der Waals surface area (Å²) in [6.07, 6.45) is -0.319. The van der Waals surface area contributed by atoms with Crippen molar-refractivity contribution in [2.24, 2.45) is 0 Å². The zero-order chi connectivity index (χ0) is 8.20. The molecule has 1 rings (SSSR count). The molecule has 1 unspecified atom stereocenters. The fourth-order valence-electron chi connectivity index (χ4n) is 0.436. The highest BCUT2D eigenvalue weighted by atomic mass is 32.3. The van der Waals surface area contributed by atoms with Crippen LogP contribution in [0.15, 0.2) is 13.2 Å². The summed E-state index contributed by atoms with van der Waals surface area (Å²) in [5.41, 5.74) is 0. The minimum Gasteiger partial charge on any atom is -0.245 e. The van der Waals surface area contributed by atoms with Gasteiger partial charge in [-0.3, -0.25) is 0 Å². The first-order valence-electron chi connectivity index (χ1n) is 2.68. The molecule has 60 valence electrons. The standard InChI is InChI=1S/C3H6O4S.C2H4/c1-3-2-6-8(4,5)7-3;1-2/h3H,2H2,1H3;1-2H2. The smallest absolute Gasteiger partial charge is 0.245 e. The molecule has 4 nitrogen and oxygen atoms in total. The van der Waals surface area contributed by atoms with Gasteiger partial charge in [-0.25, -0.2) is 8.37 Å². The lowest BCUT2D eigenvalue weighted by Crippen LogP contribution is -2.02. The van der Waals surface area contributed by atoms with Gasteiger partial charge in [0.25, 0.3) is 0 Å². The third kappa shape index (κ3) is 2.95. The summed E-state index contributed by atoms with van der Waals surface area (Å²) < 4.78 is 28.9. The second-order valence-electron chi connectivity index (χ2n) is 1.60.